The topological polar surface area (TPSA) is 20.2 Å². The van der Waals surface area contributed by atoms with E-state index < -0.39 is 0 Å². The highest BCUT2D eigenvalue weighted by atomic mass is 16.2. The van der Waals surface area contributed by atoms with Gasteiger partial charge >= 0.3 is 0 Å². The maximum absolute atomic E-state index is 8.48. The van der Waals surface area contributed by atoms with E-state index in [1.165, 1.54) is 12.7 Å². The van der Waals surface area contributed by atoms with E-state index in [4.69, 9.17) is 5.11 Å². The fourth-order valence-electron chi connectivity index (χ4n) is 0.850. The molecule has 0 saturated heterocycles. The van der Waals surface area contributed by atoms with Gasteiger partial charge in [-0.2, -0.15) is 0 Å². The van der Waals surface area contributed by atoms with Crippen molar-refractivity contribution in [2.24, 2.45) is 0 Å². The minimum absolute atomic E-state index is 1.03. The van der Waals surface area contributed by atoms with E-state index in [1.807, 2.05) is 6.08 Å². The standard InChI is InChI=1S/C7H10O/c8-6-7-4-2-1-3-5-7/h2,4,6,8H,1,3,5H2. The number of aliphatic hydroxyl groups is 1. The maximum atomic E-state index is 8.48. The first-order valence-electron chi connectivity index (χ1n) is 2.93. The first-order valence-corrected chi connectivity index (χ1v) is 2.93. The van der Waals surface area contributed by atoms with Gasteiger partial charge in [-0.15, -0.1) is 0 Å². The van der Waals surface area contributed by atoms with E-state index in [-0.39, 0.29) is 0 Å². The van der Waals surface area contributed by atoms with Crippen molar-refractivity contribution in [3.05, 3.63) is 24.0 Å². The third kappa shape index (κ3) is 1.12. The first kappa shape index (κ1) is 5.42. The minimum atomic E-state index is 1.03. The number of hydrogen-bond donors (Lipinski definition) is 1. The van der Waals surface area contributed by atoms with Crippen LogP contribution in [0.3, 0.4) is 0 Å². The fraction of sp³-hybridized carbons (Fsp3) is 0.429. The highest BCUT2D eigenvalue weighted by Crippen LogP contribution is 2.14. The van der Waals surface area contributed by atoms with E-state index in [0.29, 0.717) is 0 Å². The molecule has 0 aromatic carbocycles. The zero-order valence-corrected chi connectivity index (χ0v) is 4.80. The van der Waals surface area contributed by atoms with Gasteiger partial charge in [0, 0.05) is 0 Å². The van der Waals surface area contributed by atoms with E-state index >= 15 is 0 Å². The van der Waals surface area contributed by atoms with Gasteiger partial charge in [0.05, 0.1) is 6.26 Å². The summed E-state index contributed by atoms with van der Waals surface area (Å²) in [5.74, 6) is 0. The lowest BCUT2D eigenvalue weighted by Crippen LogP contribution is -1.84. The van der Waals surface area contributed by atoms with E-state index in [0.717, 1.165) is 18.4 Å². The summed E-state index contributed by atoms with van der Waals surface area (Å²) < 4.78 is 0. The van der Waals surface area contributed by atoms with Crippen LogP contribution in [0.2, 0.25) is 0 Å². The Morgan fingerprint density at radius 1 is 1.62 bits per heavy atom. The highest BCUT2D eigenvalue weighted by molar-refractivity contribution is 5.18. The molecule has 0 spiro atoms. The molecular weight excluding hydrogens is 100 g/mol. The lowest BCUT2D eigenvalue weighted by Gasteiger charge is -2.03. The molecule has 0 saturated carbocycles. The van der Waals surface area contributed by atoms with Crippen LogP contribution in [0.4, 0.5) is 0 Å². The normalized spacial score (nSPS) is 24.2. The number of hydrogen-bond acceptors (Lipinski definition) is 1. The number of rotatable bonds is 0. The molecule has 1 aliphatic rings. The van der Waals surface area contributed by atoms with E-state index in [1.54, 1.807) is 0 Å². The van der Waals surface area contributed by atoms with Gasteiger partial charge in [-0.3, -0.25) is 0 Å². The molecule has 8 heavy (non-hydrogen) atoms. The van der Waals surface area contributed by atoms with Gasteiger partial charge in [0.2, 0.25) is 0 Å². The first-order chi connectivity index (χ1) is 3.93. The summed E-state index contributed by atoms with van der Waals surface area (Å²) in [5, 5.41) is 8.48. The maximum Gasteiger partial charge on any atom is 0.0823 e. The molecule has 0 heterocycles. The average Bonchev–Trinajstić information content (AvgIpc) is 1.90. The third-order valence-corrected chi connectivity index (χ3v) is 1.33. The third-order valence-electron chi connectivity index (χ3n) is 1.33. The Morgan fingerprint density at radius 2 is 2.50 bits per heavy atom. The molecule has 0 radical (unpaired) electrons. The Labute approximate surface area is 49.3 Å². The molecule has 0 aliphatic heterocycles. The van der Waals surface area contributed by atoms with Gasteiger partial charge in [-0.25, -0.2) is 0 Å². The van der Waals surface area contributed by atoms with Gasteiger partial charge in [0.25, 0.3) is 0 Å². The van der Waals surface area contributed by atoms with Crippen LogP contribution in [0, 0.1) is 0 Å². The Morgan fingerprint density at radius 3 is 2.88 bits per heavy atom. The Kier molecular flexibility index (Phi) is 1.73. The van der Waals surface area contributed by atoms with Crippen LogP contribution in [0.25, 0.3) is 0 Å². The van der Waals surface area contributed by atoms with Gasteiger partial charge in [-0.1, -0.05) is 12.2 Å². The SMILES string of the molecule is OC=C1C=CCCC1. The molecule has 0 aromatic rings. The van der Waals surface area contributed by atoms with Crippen LogP contribution in [0.15, 0.2) is 24.0 Å². The van der Waals surface area contributed by atoms with Crippen molar-refractivity contribution in [2.45, 2.75) is 19.3 Å². The summed E-state index contributed by atoms with van der Waals surface area (Å²) in [6.45, 7) is 0. The molecule has 0 unspecified atom stereocenters. The molecule has 1 rings (SSSR count). The summed E-state index contributed by atoms with van der Waals surface area (Å²) in [5.41, 5.74) is 1.05. The van der Waals surface area contributed by atoms with Crippen LogP contribution >= 0.6 is 0 Å². The minimum Gasteiger partial charge on any atom is -0.515 e. The molecule has 1 aliphatic carbocycles. The van der Waals surface area contributed by atoms with Crippen molar-refractivity contribution in [1.29, 1.82) is 0 Å². The predicted molar refractivity (Wildman–Crippen MR) is 33.7 cm³/mol. The fourth-order valence-corrected chi connectivity index (χ4v) is 0.850. The van der Waals surface area contributed by atoms with Crippen molar-refractivity contribution in [2.75, 3.05) is 0 Å². The molecule has 0 bridgehead atoms. The van der Waals surface area contributed by atoms with Crippen molar-refractivity contribution >= 4 is 0 Å². The van der Waals surface area contributed by atoms with Gasteiger partial charge in [0.1, 0.15) is 0 Å². The Bertz CT molecular complexity index is 122. The molecule has 0 amide bonds. The largest absolute Gasteiger partial charge is 0.515 e. The molecular formula is C7H10O. The lowest BCUT2D eigenvalue weighted by molar-refractivity contribution is 0.465. The second-order valence-electron chi connectivity index (χ2n) is 2.00. The zero-order chi connectivity index (χ0) is 5.82. The zero-order valence-electron chi connectivity index (χ0n) is 4.80. The van der Waals surface area contributed by atoms with Gasteiger partial charge < -0.3 is 5.11 Å². The molecule has 1 N–H and O–H groups in total. The molecule has 0 aromatic heterocycles. The summed E-state index contributed by atoms with van der Waals surface area (Å²) in [4.78, 5) is 0. The van der Waals surface area contributed by atoms with Crippen LogP contribution in [-0.4, -0.2) is 5.11 Å². The van der Waals surface area contributed by atoms with E-state index in [2.05, 4.69) is 6.08 Å². The summed E-state index contributed by atoms with van der Waals surface area (Å²) >= 11 is 0. The lowest BCUT2D eigenvalue weighted by atomic mass is 10.0. The quantitative estimate of drug-likeness (QED) is 0.474. The molecule has 0 fully saturated rings. The smallest absolute Gasteiger partial charge is 0.0823 e. The monoisotopic (exact) mass is 110 g/mol. The van der Waals surface area contributed by atoms with Crippen LogP contribution < -0.4 is 0 Å². The summed E-state index contributed by atoms with van der Waals surface area (Å²) in [7, 11) is 0. The molecule has 0 atom stereocenters. The number of allylic oxidation sites excluding steroid dienone is 3. The van der Waals surface area contributed by atoms with Crippen LogP contribution in [-0.2, 0) is 0 Å². The van der Waals surface area contributed by atoms with Crippen LogP contribution in [0.5, 0.6) is 0 Å². The molecule has 1 nitrogen and oxygen atoms in total. The summed E-state index contributed by atoms with van der Waals surface area (Å²) in [6, 6.07) is 0. The molecule has 1 heteroatoms. The Balaban J connectivity index is 2.56. The molecule has 44 valence electrons. The van der Waals surface area contributed by atoms with Gasteiger partial charge in [0.15, 0.2) is 0 Å². The second-order valence-corrected chi connectivity index (χ2v) is 2.00. The van der Waals surface area contributed by atoms with Crippen molar-refractivity contribution in [3.63, 3.8) is 0 Å². The van der Waals surface area contributed by atoms with Gasteiger partial charge in [-0.05, 0) is 24.8 Å². The van der Waals surface area contributed by atoms with Crippen molar-refractivity contribution < 1.29 is 5.11 Å². The average molecular weight is 110 g/mol. The van der Waals surface area contributed by atoms with E-state index in [9.17, 15) is 0 Å². The van der Waals surface area contributed by atoms with Crippen molar-refractivity contribution in [3.8, 4) is 0 Å². The summed E-state index contributed by atoms with van der Waals surface area (Å²) in [6.07, 6.45) is 8.64. The van der Waals surface area contributed by atoms with Crippen molar-refractivity contribution in [1.82, 2.24) is 0 Å². The van der Waals surface area contributed by atoms with Crippen LogP contribution in [0.1, 0.15) is 19.3 Å². The predicted octanol–water partition coefficient (Wildman–Crippen LogP) is 2.17. The second kappa shape index (κ2) is 2.55. The Hall–Kier alpha value is -0.720. The highest BCUT2D eigenvalue weighted by Gasteiger charge is 1.96. The number of aliphatic hydroxyl groups excluding tert-OH is 1.